The van der Waals surface area contributed by atoms with Gasteiger partial charge >= 0.3 is 0 Å². The van der Waals surface area contributed by atoms with E-state index in [1.54, 1.807) is 7.11 Å². The Balaban J connectivity index is 1.66. The molecule has 1 aliphatic rings. The fraction of sp³-hybridized carbons (Fsp3) is 0.333. The van der Waals surface area contributed by atoms with Gasteiger partial charge in [-0.25, -0.2) is 4.98 Å². The third-order valence-electron chi connectivity index (χ3n) is 4.90. The van der Waals surface area contributed by atoms with Gasteiger partial charge in [0.15, 0.2) is 0 Å². The van der Waals surface area contributed by atoms with E-state index in [2.05, 4.69) is 18.0 Å². The highest BCUT2D eigenvalue weighted by Crippen LogP contribution is 2.31. The third-order valence-corrected chi connectivity index (χ3v) is 4.90. The highest BCUT2D eigenvalue weighted by atomic mass is 16.5. The van der Waals surface area contributed by atoms with Crippen molar-refractivity contribution in [3.8, 4) is 28.8 Å². The lowest BCUT2D eigenvalue weighted by atomic mass is 9.90. The van der Waals surface area contributed by atoms with Crippen LogP contribution in [0.25, 0.3) is 16.9 Å². The standard InChI is InChI=1S/C21H21N3O3/c1-14-6-15(7-19(25-3)17(14)9-22)18-10-23-20-8-16(4-5-24(18)20)27-13-21(2)11-26-12-21/h4-8,10H,11-13H2,1-3H3. The largest absolute Gasteiger partial charge is 0.495 e. The summed E-state index contributed by atoms with van der Waals surface area (Å²) in [6, 6.07) is 9.92. The molecule has 0 unspecified atom stereocenters. The zero-order chi connectivity index (χ0) is 19.0. The van der Waals surface area contributed by atoms with Crippen molar-refractivity contribution in [1.82, 2.24) is 9.38 Å². The van der Waals surface area contributed by atoms with E-state index < -0.39 is 0 Å². The molecule has 0 radical (unpaired) electrons. The summed E-state index contributed by atoms with van der Waals surface area (Å²) in [5, 5.41) is 9.31. The number of rotatable bonds is 5. The number of imidazole rings is 1. The van der Waals surface area contributed by atoms with Crippen LogP contribution in [0.3, 0.4) is 0 Å². The molecule has 1 aliphatic heterocycles. The summed E-state index contributed by atoms with van der Waals surface area (Å²) in [6.07, 6.45) is 3.77. The van der Waals surface area contributed by atoms with Crippen molar-refractivity contribution >= 4 is 5.65 Å². The average Bonchev–Trinajstić information content (AvgIpc) is 3.07. The van der Waals surface area contributed by atoms with Crippen molar-refractivity contribution in [2.45, 2.75) is 13.8 Å². The van der Waals surface area contributed by atoms with E-state index in [-0.39, 0.29) is 5.41 Å². The Kier molecular flexibility index (Phi) is 4.25. The molecular formula is C21H21N3O3. The smallest absolute Gasteiger partial charge is 0.140 e. The van der Waals surface area contributed by atoms with Crippen LogP contribution in [-0.2, 0) is 4.74 Å². The first-order valence-electron chi connectivity index (χ1n) is 8.80. The van der Waals surface area contributed by atoms with Crippen molar-refractivity contribution in [3.05, 3.63) is 47.8 Å². The molecule has 0 saturated carbocycles. The predicted octanol–water partition coefficient (Wildman–Crippen LogP) is 3.61. The minimum atomic E-state index is 0.100. The fourth-order valence-corrected chi connectivity index (χ4v) is 3.26. The number of aromatic nitrogens is 2. The molecule has 0 aliphatic carbocycles. The maximum Gasteiger partial charge on any atom is 0.140 e. The summed E-state index contributed by atoms with van der Waals surface area (Å²) in [7, 11) is 1.57. The molecule has 0 bridgehead atoms. The Labute approximate surface area is 157 Å². The second-order valence-corrected chi connectivity index (χ2v) is 7.31. The molecule has 27 heavy (non-hydrogen) atoms. The average molecular weight is 363 g/mol. The monoisotopic (exact) mass is 363 g/mol. The van der Waals surface area contributed by atoms with Crippen LogP contribution in [-0.4, -0.2) is 36.3 Å². The van der Waals surface area contributed by atoms with Gasteiger partial charge in [-0.15, -0.1) is 0 Å². The number of aryl methyl sites for hydroxylation is 1. The molecule has 3 aromatic rings. The van der Waals surface area contributed by atoms with Crippen LogP contribution in [0.15, 0.2) is 36.7 Å². The molecule has 4 rings (SSSR count). The van der Waals surface area contributed by atoms with Gasteiger partial charge in [0.2, 0.25) is 0 Å². The predicted molar refractivity (Wildman–Crippen MR) is 101 cm³/mol. The van der Waals surface area contributed by atoms with Crippen LogP contribution in [0, 0.1) is 23.7 Å². The highest BCUT2D eigenvalue weighted by molar-refractivity contribution is 5.69. The Hall–Kier alpha value is -3.04. The van der Waals surface area contributed by atoms with Crippen LogP contribution in [0.2, 0.25) is 0 Å². The van der Waals surface area contributed by atoms with Crippen LogP contribution in [0.4, 0.5) is 0 Å². The molecule has 0 amide bonds. The summed E-state index contributed by atoms with van der Waals surface area (Å²) >= 11 is 0. The maximum atomic E-state index is 9.31. The number of hydrogen-bond acceptors (Lipinski definition) is 5. The number of hydrogen-bond donors (Lipinski definition) is 0. The van der Waals surface area contributed by atoms with E-state index in [0.29, 0.717) is 17.9 Å². The Morgan fingerprint density at radius 3 is 2.81 bits per heavy atom. The molecule has 6 heteroatoms. The molecule has 1 aromatic carbocycles. The van der Waals surface area contributed by atoms with E-state index in [0.717, 1.165) is 41.4 Å². The Morgan fingerprint density at radius 2 is 2.15 bits per heavy atom. The molecule has 138 valence electrons. The Bertz CT molecular complexity index is 1040. The number of nitrogens with zero attached hydrogens (tertiary/aromatic N) is 3. The van der Waals surface area contributed by atoms with Gasteiger partial charge in [0.05, 0.1) is 44.4 Å². The molecule has 0 N–H and O–H groups in total. The molecule has 0 spiro atoms. The fourth-order valence-electron chi connectivity index (χ4n) is 3.26. The molecular weight excluding hydrogens is 342 g/mol. The number of benzene rings is 1. The summed E-state index contributed by atoms with van der Waals surface area (Å²) in [5.74, 6) is 1.36. The number of pyridine rings is 1. The van der Waals surface area contributed by atoms with E-state index in [9.17, 15) is 5.26 Å². The van der Waals surface area contributed by atoms with Gasteiger partial charge in [-0.2, -0.15) is 5.26 Å². The minimum absolute atomic E-state index is 0.100. The van der Waals surface area contributed by atoms with E-state index >= 15 is 0 Å². The second-order valence-electron chi connectivity index (χ2n) is 7.31. The second kappa shape index (κ2) is 6.60. The Morgan fingerprint density at radius 1 is 1.33 bits per heavy atom. The topological polar surface area (TPSA) is 68.8 Å². The highest BCUT2D eigenvalue weighted by Gasteiger charge is 2.34. The van der Waals surface area contributed by atoms with Gasteiger partial charge in [-0.3, -0.25) is 4.40 Å². The maximum absolute atomic E-state index is 9.31. The van der Waals surface area contributed by atoms with Crippen LogP contribution >= 0.6 is 0 Å². The molecule has 2 aromatic heterocycles. The first-order chi connectivity index (χ1) is 13.0. The third kappa shape index (κ3) is 3.11. The van der Waals surface area contributed by atoms with Crippen molar-refractivity contribution < 1.29 is 14.2 Å². The van der Waals surface area contributed by atoms with Crippen molar-refractivity contribution in [2.24, 2.45) is 5.41 Å². The van der Waals surface area contributed by atoms with Crippen LogP contribution in [0.5, 0.6) is 11.5 Å². The van der Waals surface area contributed by atoms with E-state index in [4.69, 9.17) is 14.2 Å². The molecule has 3 heterocycles. The van der Waals surface area contributed by atoms with Crippen molar-refractivity contribution in [3.63, 3.8) is 0 Å². The van der Waals surface area contributed by atoms with Crippen LogP contribution < -0.4 is 9.47 Å². The van der Waals surface area contributed by atoms with E-state index in [1.807, 2.05) is 48.0 Å². The van der Waals surface area contributed by atoms with Gasteiger partial charge in [0, 0.05) is 23.2 Å². The van der Waals surface area contributed by atoms with Gasteiger partial charge in [-0.05, 0) is 30.7 Å². The lowest BCUT2D eigenvalue weighted by Crippen LogP contribution is -2.44. The van der Waals surface area contributed by atoms with Crippen molar-refractivity contribution in [2.75, 3.05) is 26.9 Å². The zero-order valence-electron chi connectivity index (χ0n) is 15.7. The molecule has 1 fully saturated rings. The van der Waals surface area contributed by atoms with Gasteiger partial charge < -0.3 is 14.2 Å². The van der Waals surface area contributed by atoms with Crippen molar-refractivity contribution in [1.29, 1.82) is 5.26 Å². The number of ether oxygens (including phenoxy) is 3. The molecule has 1 saturated heterocycles. The molecule has 6 nitrogen and oxygen atoms in total. The number of nitriles is 1. The lowest BCUT2D eigenvalue weighted by Gasteiger charge is -2.37. The lowest BCUT2D eigenvalue weighted by molar-refractivity contribution is -0.120. The summed E-state index contributed by atoms with van der Waals surface area (Å²) in [6.45, 7) is 6.17. The number of methoxy groups -OCH3 is 1. The minimum Gasteiger partial charge on any atom is -0.495 e. The molecule has 0 atom stereocenters. The van der Waals surface area contributed by atoms with Gasteiger partial charge in [-0.1, -0.05) is 6.92 Å². The normalized spacial score (nSPS) is 15.2. The summed E-state index contributed by atoms with van der Waals surface area (Å²) in [4.78, 5) is 4.51. The summed E-state index contributed by atoms with van der Waals surface area (Å²) < 4.78 is 18.6. The quantitative estimate of drug-likeness (QED) is 0.693. The van der Waals surface area contributed by atoms with Gasteiger partial charge in [0.1, 0.15) is 23.2 Å². The first kappa shape index (κ1) is 17.4. The zero-order valence-corrected chi connectivity index (χ0v) is 15.7. The SMILES string of the molecule is COc1cc(-c2cnc3cc(OCC4(C)COC4)ccn23)cc(C)c1C#N. The summed E-state index contributed by atoms with van der Waals surface area (Å²) in [5.41, 5.74) is 4.21. The van der Waals surface area contributed by atoms with Gasteiger partial charge in [0.25, 0.3) is 0 Å². The van der Waals surface area contributed by atoms with E-state index in [1.165, 1.54) is 0 Å². The first-order valence-corrected chi connectivity index (χ1v) is 8.80. The number of fused-ring (bicyclic) bond motifs is 1. The van der Waals surface area contributed by atoms with Crippen LogP contribution in [0.1, 0.15) is 18.1 Å².